The van der Waals surface area contributed by atoms with E-state index in [2.05, 4.69) is 11.7 Å². The third-order valence-corrected chi connectivity index (χ3v) is 3.30. The first-order valence-electron chi connectivity index (χ1n) is 4.16. The van der Waals surface area contributed by atoms with Gasteiger partial charge in [0.05, 0.1) is 12.7 Å². The van der Waals surface area contributed by atoms with Gasteiger partial charge >= 0.3 is 0 Å². The van der Waals surface area contributed by atoms with Crippen LogP contribution in [0.15, 0.2) is 0 Å². The maximum Gasteiger partial charge on any atom is 0.117 e. The molecule has 0 aromatic rings. The maximum absolute atomic E-state index is 9.48. The Morgan fingerprint density at radius 2 is 2.08 bits per heavy atom. The molecule has 1 N–H and O–H groups in total. The monoisotopic (exact) mass is 225 g/mol. The minimum absolute atomic E-state index is 0.337. The highest BCUT2D eigenvalue weighted by Gasteiger charge is 2.19. The Morgan fingerprint density at radius 1 is 1.54 bits per heavy atom. The van der Waals surface area contributed by atoms with E-state index in [1.807, 2.05) is 32.8 Å². The molecule has 13 heavy (non-hydrogen) atoms. The quantitative estimate of drug-likeness (QED) is 0.405. The molecule has 0 aromatic heterocycles. The fourth-order valence-electron chi connectivity index (χ4n) is 0.797. The fourth-order valence-corrected chi connectivity index (χ4v) is 1.08. The van der Waals surface area contributed by atoms with Gasteiger partial charge in [-0.2, -0.15) is 0 Å². The highest BCUT2D eigenvalue weighted by molar-refractivity contribution is 8.69. The van der Waals surface area contributed by atoms with E-state index in [9.17, 15) is 5.11 Å². The average Bonchev–Trinajstić information content (AvgIpc) is 2.00. The van der Waals surface area contributed by atoms with Gasteiger partial charge in [0, 0.05) is 6.54 Å². The molecule has 0 amide bonds. The van der Waals surface area contributed by atoms with Crippen molar-refractivity contribution >= 4 is 22.5 Å². The first-order chi connectivity index (χ1) is 5.87. The molecular formula is C8H19NO2S2. The minimum Gasteiger partial charge on any atom is -0.389 e. The molecule has 0 rings (SSSR count). The largest absolute Gasteiger partial charge is 0.389 e. The molecule has 0 aromatic carbocycles. The summed E-state index contributed by atoms with van der Waals surface area (Å²) in [5.74, 6) is 0. The van der Waals surface area contributed by atoms with Crippen molar-refractivity contribution in [2.75, 3.05) is 27.2 Å². The highest BCUT2D eigenvalue weighted by Crippen LogP contribution is 2.28. The minimum atomic E-state index is -0.435. The Balaban J connectivity index is 3.63. The van der Waals surface area contributed by atoms with Gasteiger partial charge in [0.1, 0.15) is 4.93 Å². The van der Waals surface area contributed by atoms with Gasteiger partial charge in [-0.1, -0.05) is 10.8 Å². The van der Waals surface area contributed by atoms with Gasteiger partial charge in [0.15, 0.2) is 0 Å². The van der Waals surface area contributed by atoms with E-state index >= 15 is 0 Å². The Morgan fingerprint density at radius 3 is 2.46 bits per heavy atom. The Kier molecular flexibility index (Phi) is 6.41. The summed E-state index contributed by atoms with van der Waals surface area (Å²) in [6.45, 7) is 4.81. The fraction of sp³-hybridized carbons (Fsp3) is 1.00. The van der Waals surface area contributed by atoms with E-state index in [0.717, 1.165) is 0 Å². The van der Waals surface area contributed by atoms with Crippen LogP contribution in [-0.4, -0.2) is 48.3 Å². The van der Waals surface area contributed by atoms with E-state index < -0.39 is 6.10 Å². The first-order valence-corrected chi connectivity index (χ1v) is 6.03. The summed E-state index contributed by atoms with van der Waals surface area (Å²) in [5, 5.41) is 9.48. The Bertz CT molecular complexity index is 142. The summed E-state index contributed by atoms with van der Waals surface area (Å²) >= 11 is 4.07. The lowest BCUT2D eigenvalue weighted by Crippen LogP contribution is -2.32. The van der Waals surface area contributed by atoms with E-state index in [-0.39, 0.29) is 4.93 Å². The van der Waals surface area contributed by atoms with E-state index in [4.69, 9.17) is 4.74 Å². The Hall–Kier alpha value is 0.580. The van der Waals surface area contributed by atoms with Crippen LogP contribution in [0.2, 0.25) is 0 Å². The summed E-state index contributed by atoms with van der Waals surface area (Å²) in [7, 11) is 5.17. The predicted octanol–water partition coefficient (Wildman–Crippen LogP) is 1.24. The van der Waals surface area contributed by atoms with Crippen LogP contribution in [0, 0.1) is 0 Å². The van der Waals surface area contributed by atoms with Crippen LogP contribution < -0.4 is 0 Å². The molecule has 5 heteroatoms. The molecule has 3 nitrogen and oxygen atoms in total. The third kappa shape index (κ3) is 7.64. The number of hydrogen-bond acceptors (Lipinski definition) is 5. The molecule has 80 valence electrons. The molecule has 0 aliphatic rings. The number of aliphatic hydroxyl groups excluding tert-OH is 1. The van der Waals surface area contributed by atoms with Gasteiger partial charge < -0.3 is 14.7 Å². The zero-order valence-corrected chi connectivity index (χ0v) is 10.4. The van der Waals surface area contributed by atoms with Crippen molar-refractivity contribution in [3.63, 3.8) is 0 Å². The van der Waals surface area contributed by atoms with Crippen LogP contribution in [0.3, 0.4) is 0 Å². The van der Waals surface area contributed by atoms with Crippen LogP contribution in [0.1, 0.15) is 13.8 Å². The summed E-state index contributed by atoms with van der Waals surface area (Å²) in [6.07, 6.45) is -0.435. The Labute approximate surface area is 89.6 Å². The summed E-state index contributed by atoms with van der Waals surface area (Å²) < 4.78 is 5.45. The van der Waals surface area contributed by atoms with Gasteiger partial charge in [0.25, 0.3) is 0 Å². The number of aliphatic hydroxyl groups is 1. The van der Waals surface area contributed by atoms with Crippen molar-refractivity contribution in [2.45, 2.75) is 24.9 Å². The summed E-state index contributed by atoms with van der Waals surface area (Å²) in [5.41, 5.74) is 0. The summed E-state index contributed by atoms with van der Waals surface area (Å²) in [4.78, 5) is 1.59. The van der Waals surface area contributed by atoms with Gasteiger partial charge in [-0.25, -0.2) is 0 Å². The standard InChI is InChI=1S/C8H19NO2S2/c1-8(2,13-12)11-6-7(10)5-9(3)4/h7,10,12H,5-6H2,1-4H3/t7-/m1/s1. The van der Waals surface area contributed by atoms with Gasteiger partial charge in [-0.05, 0) is 27.9 Å². The van der Waals surface area contributed by atoms with Crippen molar-refractivity contribution in [3.05, 3.63) is 0 Å². The number of hydrogen-bond donors (Lipinski definition) is 2. The molecule has 0 unspecified atom stereocenters. The van der Waals surface area contributed by atoms with Crippen molar-refractivity contribution in [3.8, 4) is 0 Å². The molecule has 0 aliphatic carbocycles. The third-order valence-electron chi connectivity index (χ3n) is 1.42. The molecule has 0 saturated heterocycles. The highest BCUT2D eigenvalue weighted by atomic mass is 33.1. The predicted molar refractivity (Wildman–Crippen MR) is 61.2 cm³/mol. The van der Waals surface area contributed by atoms with Gasteiger partial charge in [-0.3, -0.25) is 0 Å². The second kappa shape index (κ2) is 6.14. The van der Waals surface area contributed by atoms with E-state index in [0.29, 0.717) is 13.2 Å². The van der Waals surface area contributed by atoms with Crippen molar-refractivity contribution in [2.24, 2.45) is 0 Å². The number of nitrogens with zero attached hydrogens (tertiary/aromatic N) is 1. The SMILES string of the molecule is CN(C)C[C@@H](O)COC(C)(C)SS. The van der Waals surface area contributed by atoms with Crippen LogP contribution in [-0.2, 0) is 4.74 Å². The number of ether oxygens (including phenoxy) is 1. The molecule has 0 fully saturated rings. The van der Waals surface area contributed by atoms with E-state index in [1.165, 1.54) is 10.8 Å². The number of thiol groups is 1. The zero-order valence-electron chi connectivity index (χ0n) is 8.65. The van der Waals surface area contributed by atoms with Crippen LogP contribution in [0.4, 0.5) is 0 Å². The van der Waals surface area contributed by atoms with Crippen LogP contribution in [0.25, 0.3) is 0 Å². The maximum atomic E-state index is 9.48. The van der Waals surface area contributed by atoms with Crippen molar-refractivity contribution in [1.82, 2.24) is 4.90 Å². The molecule has 0 spiro atoms. The zero-order chi connectivity index (χ0) is 10.5. The number of likely N-dealkylation sites (N-methyl/N-ethyl adjacent to an activating group) is 1. The lowest BCUT2D eigenvalue weighted by atomic mass is 10.3. The molecule has 0 bridgehead atoms. The van der Waals surface area contributed by atoms with Gasteiger partial charge in [-0.15, -0.1) is 11.7 Å². The van der Waals surface area contributed by atoms with Crippen LogP contribution >= 0.6 is 22.5 Å². The van der Waals surface area contributed by atoms with Crippen LogP contribution in [0.5, 0.6) is 0 Å². The lowest BCUT2D eigenvalue weighted by Gasteiger charge is -2.24. The second-order valence-electron chi connectivity index (χ2n) is 3.72. The molecule has 0 aliphatic heterocycles. The summed E-state index contributed by atoms with van der Waals surface area (Å²) in [6, 6.07) is 0. The molecule has 1 atom stereocenters. The topological polar surface area (TPSA) is 32.7 Å². The second-order valence-corrected chi connectivity index (χ2v) is 5.43. The van der Waals surface area contributed by atoms with Gasteiger partial charge in [0.2, 0.25) is 0 Å². The first kappa shape index (κ1) is 13.6. The van der Waals surface area contributed by atoms with Crippen molar-refractivity contribution in [1.29, 1.82) is 0 Å². The molecule has 0 radical (unpaired) electrons. The normalized spacial score (nSPS) is 15.0. The van der Waals surface area contributed by atoms with E-state index in [1.54, 1.807) is 0 Å². The number of rotatable bonds is 6. The smallest absolute Gasteiger partial charge is 0.117 e. The molecule has 0 saturated carbocycles. The van der Waals surface area contributed by atoms with Crippen molar-refractivity contribution < 1.29 is 9.84 Å². The average molecular weight is 225 g/mol. The molecular weight excluding hydrogens is 206 g/mol. The molecule has 0 heterocycles. The lowest BCUT2D eigenvalue weighted by molar-refractivity contribution is -0.0175.